The van der Waals surface area contributed by atoms with Crippen molar-refractivity contribution in [3.63, 3.8) is 0 Å². The van der Waals surface area contributed by atoms with Gasteiger partial charge in [0.25, 0.3) is 0 Å². The number of nitrogens with zero attached hydrogens (tertiary/aromatic N) is 2. The molecule has 6 heteroatoms. The van der Waals surface area contributed by atoms with Gasteiger partial charge in [-0.25, -0.2) is 0 Å². The second-order valence-corrected chi connectivity index (χ2v) is 5.96. The van der Waals surface area contributed by atoms with E-state index in [0.717, 1.165) is 19.0 Å². The minimum atomic E-state index is 0. The Morgan fingerprint density at radius 1 is 1.45 bits per heavy atom. The van der Waals surface area contributed by atoms with Gasteiger partial charge in [0, 0.05) is 26.2 Å². The van der Waals surface area contributed by atoms with Crippen LogP contribution in [0.4, 0.5) is 0 Å². The fourth-order valence-electron chi connectivity index (χ4n) is 2.36. The molecule has 2 N–H and O–H groups in total. The van der Waals surface area contributed by atoms with Crippen molar-refractivity contribution in [3.05, 3.63) is 0 Å². The van der Waals surface area contributed by atoms with Crippen molar-refractivity contribution in [2.45, 2.75) is 46.6 Å². The third-order valence-corrected chi connectivity index (χ3v) is 3.78. The zero-order valence-electron chi connectivity index (χ0n) is 13.3. The summed E-state index contributed by atoms with van der Waals surface area (Å²) in [6, 6.07) is 0.173. The van der Waals surface area contributed by atoms with Gasteiger partial charge >= 0.3 is 0 Å². The molecule has 5 nitrogen and oxygen atoms in total. The summed E-state index contributed by atoms with van der Waals surface area (Å²) in [5.41, 5.74) is 0.373. The molecule has 0 radical (unpaired) electrons. The van der Waals surface area contributed by atoms with E-state index in [0.29, 0.717) is 5.41 Å². The number of nitrogens with one attached hydrogen (secondary N) is 2. The number of guanidine groups is 1. The molecule has 0 aromatic heterocycles. The molecule has 1 unspecified atom stereocenters. The van der Waals surface area contributed by atoms with Crippen molar-refractivity contribution >= 4 is 35.8 Å². The van der Waals surface area contributed by atoms with Crippen LogP contribution in [-0.2, 0) is 4.79 Å². The van der Waals surface area contributed by atoms with Crippen molar-refractivity contribution in [1.29, 1.82) is 0 Å². The Hall–Kier alpha value is -0.530. The molecule has 1 atom stereocenters. The molecular weight excluding hydrogens is 367 g/mol. The molecule has 0 bridgehead atoms. The lowest BCUT2D eigenvalue weighted by Gasteiger charge is -2.25. The SMILES string of the molecule is CCC1(C)CCN(C(=NC)NCC(=O)NC(C)C)C1.I. The first-order chi connectivity index (χ1) is 8.90. The molecule has 1 heterocycles. The number of hydrogen-bond acceptors (Lipinski definition) is 2. The number of rotatable bonds is 4. The molecule has 118 valence electrons. The first-order valence-electron chi connectivity index (χ1n) is 7.15. The predicted molar refractivity (Wildman–Crippen MR) is 94.6 cm³/mol. The number of hydrogen-bond donors (Lipinski definition) is 2. The van der Waals surface area contributed by atoms with Crippen molar-refractivity contribution in [2.75, 3.05) is 26.7 Å². The number of amides is 1. The van der Waals surface area contributed by atoms with E-state index in [-0.39, 0.29) is 42.5 Å². The van der Waals surface area contributed by atoms with E-state index in [2.05, 4.69) is 34.4 Å². The Bertz CT molecular complexity index is 346. The van der Waals surface area contributed by atoms with E-state index in [9.17, 15) is 4.79 Å². The highest BCUT2D eigenvalue weighted by Crippen LogP contribution is 2.32. The van der Waals surface area contributed by atoms with Gasteiger partial charge in [0.2, 0.25) is 5.91 Å². The Balaban J connectivity index is 0.00000361. The first kappa shape index (κ1) is 19.5. The van der Waals surface area contributed by atoms with Gasteiger partial charge < -0.3 is 15.5 Å². The topological polar surface area (TPSA) is 56.7 Å². The average molecular weight is 396 g/mol. The molecule has 1 fully saturated rings. The molecule has 1 aliphatic rings. The van der Waals surface area contributed by atoms with Crippen molar-refractivity contribution in [1.82, 2.24) is 15.5 Å². The minimum absolute atomic E-state index is 0. The fourth-order valence-corrected chi connectivity index (χ4v) is 2.36. The lowest BCUT2D eigenvalue weighted by molar-refractivity contribution is -0.120. The number of carbonyl (C=O) groups excluding carboxylic acids is 1. The molecule has 20 heavy (non-hydrogen) atoms. The summed E-state index contributed by atoms with van der Waals surface area (Å²) in [4.78, 5) is 18.1. The smallest absolute Gasteiger partial charge is 0.239 e. The molecule has 0 aromatic rings. The fraction of sp³-hybridized carbons (Fsp3) is 0.857. The summed E-state index contributed by atoms with van der Waals surface area (Å²) in [6.45, 7) is 10.8. The maximum atomic E-state index is 11.6. The molecule has 1 aliphatic heterocycles. The Morgan fingerprint density at radius 2 is 2.10 bits per heavy atom. The zero-order valence-corrected chi connectivity index (χ0v) is 15.7. The highest BCUT2D eigenvalue weighted by molar-refractivity contribution is 14.0. The van der Waals surface area contributed by atoms with E-state index in [1.165, 1.54) is 12.8 Å². The summed E-state index contributed by atoms with van der Waals surface area (Å²) < 4.78 is 0. The average Bonchev–Trinajstić information content (AvgIpc) is 2.73. The van der Waals surface area contributed by atoms with Crippen molar-refractivity contribution < 1.29 is 4.79 Å². The maximum Gasteiger partial charge on any atom is 0.239 e. The molecule has 1 rings (SSSR count). The van der Waals surface area contributed by atoms with Crippen LogP contribution in [0.15, 0.2) is 4.99 Å². The van der Waals surface area contributed by atoms with Crippen molar-refractivity contribution in [3.8, 4) is 0 Å². The third kappa shape index (κ3) is 5.85. The number of likely N-dealkylation sites (tertiary alicyclic amines) is 1. The summed E-state index contributed by atoms with van der Waals surface area (Å²) >= 11 is 0. The lowest BCUT2D eigenvalue weighted by atomic mass is 9.87. The van der Waals surface area contributed by atoms with Gasteiger partial charge in [-0.2, -0.15) is 0 Å². The second kappa shape index (κ2) is 8.69. The van der Waals surface area contributed by atoms with Gasteiger partial charge in [0.1, 0.15) is 0 Å². The maximum absolute atomic E-state index is 11.6. The van der Waals surface area contributed by atoms with E-state index in [1.807, 2.05) is 13.8 Å². The minimum Gasteiger partial charge on any atom is -0.352 e. The second-order valence-electron chi connectivity index (χ2n) is 5.96. The standard InChI is InChI=1S/C14H28N4O.HI/c1-6-14(4)7-8-18(10-14)13(15-5)16-9-12(19)17-11(2)3;/h11H,6-10H2,1-5H3,(H,15,16)(H,17,19);1H. The Morgan fingerprint density at radius 3 is 2.55 bits per heavy atom. The van der Waals surface area contributed by atoms with Gasteiger partial charge in [-0.1, -0.05) is 13.8 Å². The molecule has 0 aliphatic carbocycles. The van der Waals surface area contributed by atoms with Gasteiger partial charge in [-0.05, 0) is 32.1 Å². The molecule has 0 aromatic carbocycles. The monoisotopic (exact) mass is 396 g/mol. The van der Waals surface area contributed by atoms with E-state index in [1.54, 1.807) is 7.05 Å². The molecule has 0 spiro atoms. The molecule has 0 saturated carbocycles. The number of aliphatic imine (C=N–C) groups is 1. The quantitative estimate of drug-likeness (QED) is 0.433. The largest absolute Gasteiger partial charge is 0.352 e. The van der Waals surface area contributed by atoms with Crippen LogP contribution in [0.2, 0.25) is 0 Å². The zero-order chi connectivity index (χ0) is 14.5. The van der Waals surface area contributed by atoms with Gasteiger partial charge in [-0.3, -0.25) is 9.79 Å². The van der Waals surface area contributed by atoms with E-state index < -0.39 is 0 Å². The van der Waals surface area contributed by atoms with Crippen LogP contribution in [0, 0.1) is 5.41 Å². The van der Waals surface area contributed by atoms with Crippen LogP contribution < -0.4 is 10.6 Å². The summed E-state index contributed by atoms with van der Waals surface area (Å²) in [5, 5.41) is 6.01. The summed E-state index contributed by atoms with van der Waals surface area (Å²) in [7, 11) is 1.77. The Labute approximate surface area is 140 Å². The van der Waals surface area contributed by atoms with Crippen LogP contribution in [0.3, 0.4) is 0 Å². The van der Waals surface area contributed by atoms with Crippen LogP contribution in [0.1, 0.15) is 40.5 Å². The van der Waals surface area contributed by atoms with E-state index in [4.69, 9.17) is 0 Å². The van der Waals surface area contributed by atoms with Gasteiger partial charge in [0.05, 0.1) is 6.54 Å². The van der Waals surface area contributed by atoms with Crippen LogP contribution in [0.25, 0.3) is 0 Å². The highest BCUT2D eigenvalue weighted by atomic mass is 127. The highest BCUT2D eigenvalue weighted by Gasteiger charge is 2.33. The van der Waals surface area contributed by atoms with Crippen molar-refractivity contribution in [2.24, 2.45) is 10.4 Å². The predicted octanol–water partition coefficient (Wildman–Crippen LogP) is 1.83. The summed E-state index contributed by atoms with van der Waals surface area (Å²) in [6.07, 6.45) is 2.36. The third-order valence-electron chi connectivity index (χ3n) is 3.78. The van der Waals surface area contributed by atoms with E-state index >= 15 is 0 Å². The first-order valence-corrected chi connectivity index (χ1v) is 7.15. The lowest BCUT2D eigenvalue weighted by Crippen LogP contribution is -2.46. The molecule has 1 amide bonds. The normalized spacial score (nSPS) is 22.7. The van der Waals surface area contributed by atoms with Gasteiger partial charge in [0.15, 0.2) is 5.96 Å². The number of carbonyl (C=O) groups is 1. The van der Waals surface area contributed by atoms with Gasteiger partial charge in [-0.15, -0.1) is 24.0 Å². The van der Waals surface area contributed by atoms with Crippen LogP contribution in [-0.4, -0.2) is 49.5 Å². The molecule has 1 saturated heterocycles. The Kier molecular flexibility index (Phi) is 8.46. The molecular formula is C14H29IN4O. The van der Waals surface area contributed by atoms with Crippen LogP contribution >= 0.6 is 24.0 Å². The number of halogens is 1. The summed E-state index contributed by atoms with van der Waals surface area (Å²) in [5.74, 6) is 0.838. The van der Waals surface area contributed by atoms with Crippen LogP contribution in [0.5, 0.6) is 0 Å².